The first-order valence-corrected chi connectivity index (χ1v) is 9.83. The molecule has 0 fully saturated rings. The maximum Gasteiger partial charge on any atom is 0.269 e. The highest BCUT2D eigenvalue weighted by molar-refractivity contribution is 9.10. The molecule has 2 N–H and O–H groups in total. The highest BCUT2D eigenvalue weighted by Gasteiger charge is 2.12. The monoisotopic (exact) mass is 452 g/mol. The van der Waals surface area contributed by atoms with Crippen LogP contribution in [0.1, 0.15) is 21.5 Å². The Labute approximate surface area is 171 Å². The molecule has 2 amide bonds. The number of hydrazine groups is 1. The van der Waals surface area contributed by atoms with E-state index in [9.17, 15) is 9.59 Å². The fourth-order valence-corrected chi connectivity index (χ4v) is 3.59. The van der Waals surface area contributed by atoms with Crippen molar-refractivity contribution >= 4 is 39.5 Å². The molecule has 0 aliphatic carbocycles. The molecule has 8 heteroatoms. The van der Waals surface area contributed by atoms with Gasteiger partial charge in [-0.05, 0) is 49.2 Å². The minimum Gasteiger partial charge on any atom is -0.497 e. The van der Waals surface area contributed by atoms with Gasteiger partial charge in [-0.1, -0.05) is 15.9 Å². The van der Waals surface area contributed by atoms with Crippen LogP contribution in [0.3, 0.4) is 0 Å². The summed E-state index contributed by atoms with van der Waals surface area (Å²) in [6.45, 7) is 3.98. The largest absolute Gasteiger partial charge is 0.497 e. The molecule has 0 aliphatic heterocycles. The summed E-state index contributed by atoms with van der Waals surface area (Å²) in [6, 6.07) is 8.83. The van der Waals surface area contributed by atoms with Crippen molar-refractivity contribution in [1.29, 1.82) is 0 Å². The molecule has 6 nitrogen and oxygen atoms in total. The lowest BCUT2D eigenvalue weighted by molar-refractivity contribution is -0.119. The van der Waals surface area contributed by atoms with Crippen molar-refractivity contribution in [3.8, 4) is 11.5 Å². The van der Waals surface area contributed by atoms with Gasteiger partial charge < -0.3 is 9.47 Å². The average molecular weight is 453 g/mol. The van der Waals surface area contributed by atoms with Gasteiger partial charge in [-0.25, -0.2) is 0 Å². The molecule has 0 unspecified atom stereocenters. The van der Waals surface area contributed by atoms with Crippen LogP contribution in [0.5, 0.6) is 11.5 Å². The van der Waals surface area contributed by atoms with Gasteiger partial charge in [0.1, 0.15) is 11.5 Å². The number of amides is 2. The van der Waals surface area contributed by atoms with Gasteiger partial charge in [-0.15, -0.1) is 11.8 Å². The predicted molar refractivity (Wildman–Crippen MR) is 109 cm³/mol. The molecular formula is C19H21BrN2O4S. The fraction of sp³-hybridized carbons (Fsp3) is 0.263. The highest BCUT2D eigenvalue weighted by atomic mass is 79.9. The lowest BCUT2D eigenvalue weighted by atomic mass is 10.2. The number of hydrogen-bond acceptors (Lipinski definition) is 5. The predicted octanol–water partition coefficient (Wildman–Crippen LogP) is 3.64. The molecule has 0 saturated carbocycles. The molecule has 27 heavy (non-hydrogen) atoms. The summed E-state index contributed by atoms with van der Waals surface area (Å²) in [5.74, 6) is 0.401. The first-order chi connectivity index (χ1) is 12.8. The number of methoxy groups -OCH3 is 2. The number of benzene rings is 2. The average Bonchev–Trinajstić information content (AvgIpc) is 2.67. The zero-order valence-corrected chi connectivity index (χ0v) is 17.9. The topological polar surface area (TPSA) is 76.7 Å². The van der Waals surface area contributed by atoms with Crippen LogP contribution in [0.4, 0.5) is 0 Å². The minimum atomic E-state index is -0.457. The Kier molecular flexibility index (Phi) is 7.55. The Balaban J connectivity index is 1.92. The molecular weight excluding hydrogens is 432 g/mol. The van der Waals surface area contributed by atoms with Crippen molar-refractivity contribution in [3.05, 3.63) is 51.5 Å². The minimum absolute atomic E-state index is 0.184. The normalized spacial score (nSPS) is 10.3. The van der Waals surface area contributed by atoms with Crippen molar-refractivity contribution in [3.63, 3.8) is 0 Å². The van der Waals surface area contributed by atoms with Gasteiger partial charge >= 0.3 is 0 Å². The number of rotatable bonds is 6. The molecule has 0 radical (unpaired) electrons. The summed E-state index contributed by atoms with van der Waals surface area (Å²) in [6.07, 6.45) is 0. The van der Waals surface area contributed by atoms with Gasteiger partial charge in [0, 0.05) is 21.0 Å². The molecule has 0 bridgehead atoms. The van der Waals surface area contributed by atoms with E-state index in [1.165, 1.54) is 26.0 Å². The molecule has 0 atom stereocenters. The van der Waals surface area contributed by atoms with Crippen LogP contribution in [-0.2, 0) is 4.79 Å². The van der Waals surface area contributed by atoms with Crippen molar-refractivity contribution in [2.24, 2.45) is 0 Å². The third kappa shape index (κ3) is 5.90. The number of hydrogen-bond donors (Lipinski definition) is 2. The number of carbonyl (C=O) groups excluding carboxylic acids is 2. The van der Waals surface area contributed by atoms with Gasteiger partial charge in [0.15, 0.2) is 0 Å². The van der Waals surface area contributed by atoms with Gasteiger partial charge in [-0.2, -0.15) is 0 Å². The van der Waals surface area contributed by atoms with Crippen molar-refractivity contribution in [2.75, 3.05) is 20.0 Å². The Morgan fingerprint density at radius 3 is 2.19 bits per heavy atom. The van der Waals surface area contributed by atoms with E-state index in [2.05, 4.69) is 26.8 Å². The van der Waals surface area contributed by atoms with Crippen LogP contribution < -0.4 is 20.3 Å². The third-order valence-corrected chi connectivity index (χ3v) is 5.76. The fourth-order valence-electron chi connectivity index (χ4n) is 2.23. The van der Waals surface area contributed by atoms with E-state index < -0.39 is 5.91 Å². The van der Waals surface area contributed by atoms with Gasteiger partial charge in [0.25, 0.3) is 5.91 Å². The number of thioether (sulfide) groups is 1. The summed E-state index contributed by atoms with van der Waals surface area (Å²) in [5, 5.41) is 0. The lowest BCUT2D eigenvalue weighted by Gasteiger charge is -2.11. The lowest BCUT2D eigenvalue weighted by Crippen LogP contribution is -2.42. The van der Waals surface area contributed by atoms with Gasteiger partial charge in [0.2, 0.25) is 5.91 Å². The number of aryl methyl sites for hydroxylation is 2. The summed E-state index contributed by atoms with van der Waals surface area (Å²) in [4.78, 5) is 25.3. The van der Waals surface area contributed by atoms with Crippen LogP contribution in [-0.4, -0.2) is 31.8 Å². The number of ether oxygens (including phenoxy) is 2. The van der Waals surface area contributed by atoms with Crippen molar-refractivity contribution in [2.45, 2.75) is 18.7 Å². The summed E-state index contributed by atoms with van der Waals surface area (Å²) >= 11 is 4.90. The second-order valence-corrected chi connectivity index (χ2v) is 7.63. The van der Waals surface area contributed by atoms with E-state index in [1.54, 1.807) is 18.2 Å². The molecule has 2 aromatic rings. The van der Waals surface area contributed by atoms with Crippen LogP contribution >= 0.6 is 27.7 Å². The SMILES string of the molecule is COc1cc(OC)cc(C(=O)NNC(=O)CSc2cc(C)c(Br)cc2C)c1. The maximum absolute atomic E-state index is 12.2. The Bertz CT molecular complexity index is 836. The maximum atomic E-state index is 12.2. The Morgan fingerprint density at radius 1 is 0.963 bits per heavy atom. The molecule has 0 aliphatic rings. The van der Waals surface area contributed by atoms with Crippen molar-refractivity contribution in [1.82, 2.24) is 10.9 Å². The highest BCUT2D eigenvalue weighted by Crippen LogP contribution is 2.28. The Hall–Kier alpha value is -2.19. The summed E-state index contributed by atoms with van der Waals surface area (Å²) in [5.41, 5.74) is 7.32. The molecule has 0 aromatic heterocycles. The van der Waals surface area contributed by atoms with Crippen LogP contribution in [0, 0.1) is 13.8 Å². The van der Waals surface area contributed by atoms with E-state index in [1.807, 2.05) is 26.0 Å². The standard InChI is InChI=1S/C19H21BrN2O4S/c1-11-6-17(12(2)5-16(11)20)27-10-18(23)21-22-19(24)13-7-14(25-3)9-15(8-13)26-4/h5-9H,10H2,1-4H3,(H,21,23)(H,22,24). The Morgan fingerprint density at radius 2 is 1.59 bits per heavy atom. The molecule has 2 aromatic carbocycles. The van der Waals surface area contributed by atoms with Crippen LogP contribution in [0.2, 0.25) is 0 Å². The number of nitrogens with one attached hydrogen (secondary N) is 2. The van der Waals surface area contributed by atoms with Gasteiger partial charge in [-0.3, -0.25) is 20.4 Å². The third-order valence-electron chi connectivity index (χ3n) is 3.74. The van der Waals surface area contributed by atoms with Gasteiger partial charge in [0.05, 0.1) is 20.0 Å². The zero-order valence-electron chi connectivity index (χ0n) is 15.5. The van der Waals surface area contributed by atoms with Crippen LogP contribution in [0.25, 0.3) is 0 Å². The van der Waals surface area contributed by atoms with E-state index in [0.29, 0.717) is 17.1 Å². The molecule has 2 rings (SSSR count). The first kappa shape index (κ1) is 21.1. The van der Waals surface area contributed by atoms with E-state index >= 15 is 0 Å². The molecule has 0 saturated heterocycles. The van der Waals surface area contributed by atoms with Crippen LogP contribution in [0.15, 0.2) is 39.7 Å². The zero-order chi connectivity index (χ0) is 20.0. The van der Waals surface area contributed by atoms with Crippen molar-refractivity contribution < 1.29 is 19.1 Å². The number of halogens is 1. The second-order valence-electron chi connectivity index (χ2n) is 5.76. The smallest absolute Gasteiger partial charge is 0.269 e. The second kappa shape index (κ2) is 9.66. The first-order valence-electron chi connectivity index (χ1n) is 8.06. The van der Waals surface area contributed by atoms with E-state index in [-0.39, 0.29) is 11.7 Å². The summed E-state index contributed by atoms with van der Waals surface area (Å²) < 4.78 is 11.3. The molecule has 0 heterocycles. The summed E-state index contributed by atoms with van der Waals surface area (Å²) in [7, 11) is 3.00. The molecule has 144 valence electrons. The number of carbonyl (C=O) groups is 2. The van der Waals surface area contributed by atoms with E-state index in [0.717, 1.165) is 20.5 Å². The quantitative estimate of drug-likeness (QED) is 0.516. The molecule has 0 spiro atoms. The van der Waals surface area contributed by atoms with E-state index in [4.69, 9.17) is 9.47 Å².